The van der Waals surface area contributed by atoms with Gasteiger partial charge in [-0.2, -0.15) is 5.26 Å². The normalized spacial score (nSPS) is 25.4. The van der Waals surface area contributed by atoms with Gasteiger partial charge in [0.15, 0.2) is 0 Å². The van der Waals surface area contributed by atoms with Crippen LogP contribution >= 0.6 is 0 Å². The fourth-order valence-corrected chi connectivity index (χ4v) is 2.31. The topological polar surface area (TPSA) is 30.3 Å². The zero-order valence-corrected chi connectivity index (χ0v) is 11.5. The van der Waals surface area contributed by atoms with Crippen molar-refractivity contribution in [3.8, 4) is 6.07 Å². The maximum absolute atomic E-state index is 9.29. The molecular formula is C13H25N3. The number of nitriles is 1. The maximum Gasteiger partial charge on any atom is 0.111 e. The maximum atomic E-state index is 9.29. The van der Waals surface area contributed by atoms with Crippen molar-refractivity contribution in [3.05, 3.63) is 0 Å². The molecule has 16 heavy (non-hydrogen) atoms. The Morgan fingerprint density at radius 3 is 1.94 bits per heavy atom. The summed E-state index contributed by atoms with van der Waals surface area (Å²) in [5.74, 6) is 0. The van der Waals surface area contributed by atoms with E-state index in [-0.39, 0.29) is 17.1 Å². The second-order valence-corrected chi connectivity index (χ2v) is 6.63. The molecule has 1 rings (SSSR count). The third kappa shape index (κ3) is 2.96. The van der Waals surface area contributed by atoms with E-state index in [0.717, 1.165) is 19.6 Å². The molecule has 0 radical (unpaired) electrons. The van der Waals surface area contributed by atoms with Crippen LogP contribution in [-0.2, 0) is 0 Å². The first-order valence-electron chi connectivity index (χ1n) is 6.07. The van der Waals surface area contributed by atoms with Gasteiger partial charge in [0.1, 0.15) is 6.04 Å². The van der Waals surface area contributed by atoms with Gasteiger partial charge in [-0.1, -0.05) is 0 Å². The van der Waals surface area contributed by atoms with Crippen LogP contribution in [0.1, 0.15) is 41.5 Å². The SMILES string of the molecule is CC(C)(C)N1CCN(C(C)(C)C)[C@@H](C#N)C1. The van der Waals surface area contributed by atoms with E-state index >= 15 is 0 Å². The summed E-state index contributed by atoms with van der Waals surface area (Å²) in [5.41, 5.74) is 0.253. The Morgan fingerprint density at radius 2 is 1.56 bits per heavy atom. The van der Waals surface area contributed by atoms with Gasteiger partial charge in [0.2, 0.25) is 0 Å². The summed E-state index contributed by atoms with van der Waals surface area (Å²) in [6.45, 7) is 16.1. The van der Waals surface area contributed by atoms with E-state index in [0.29, 0.717) is 0 Å². The molecule has 0 aliphatic carbocycles. The lowest BCUT2D eigenvalue weighted by Gasteiger charge is -2.49. The molecular weight excluding hydrogens is 198 g/mol. The Hall–Kier alpha value is -0.590. The van der Waals surface area contributed by atoms with Crippen LogP contribution in [0.15, 0.2) is 0 Å². The first kappa shape index (κ1) is 13.5. The molecule has 3 nitrogen and oxygen atoms in total. The van der Waals surface area contributed by atoms with Crippen molar-refractivity contribution in [2.24, 2.45) is 0 Å². The molecule has 0 saturated carbocycles. The second-order valence-electron chi connectivity index (χ2n) is 6.63. The van der Waals surface area contributed by atoms with Crippen LogP contribution in [0.5, 0.6) is 0 Å². The molecule has 1 atom stereocenters. The fourth-order valence-electron chi connectivity index (χ4n) is 2.31. The monoisotopic (exact) mass is 223 g/mol. The number of nitrogens with zero attached hydrogens (tertiary/aromatic N) is 3. The van der Waals surface area contributed by atoms with Crippen LogP contribution < -0.4 is 0 Å². The van der Waals surface area contributed by atoms with Crippen molar-refractivity contribution in [2.45, 2.75) is 58.7 Å². The van der Waals surface area contributed by atoms with Gasteiger partial charge in [-0.15, -0.1) is 0 Å². The van der Waals surface area contributed by atoms with Crippen LogP contribution in [0.2, 0.25) is 0 Å². The summed E-state index contributed by atoms with van der Waals surface area (Å²) in [7, 11) is 0. The molecule has 1 aliphatic heterocycles. The molecule has 0 amide bonds. The summed E-state index contributed by atoms with van der Waals surface area (Å²) in [5, 5.41) is 9.29. The molecule has 0 aromatic carbocycles. The summed E-state index contributed by atoms with van der Waals surface area (Å²) in [6.07, 6.45) is 0. The lowest BCUT2D eigenvalue weighted by molar-refractivity contribution is -0.00276. The average molecular weight is 223 g/mol. The molecule has 0 unspecified atom stereocenters. The predicted molar refractivity (Wildman–Crippen MR) is 67.2 cm³/mol. The average Bonchev–Trinajstić information content (AvgIpc) is 2.14. The van der Waals surface area contributed by atoms with Crippen molar-refractivity contribution in [1.82, 2.24) is 9.80 Å². The minimum absolute atomic E-state index is 0.0213. The van der Waals surface area contributed by atoms with Crippen molar-refractivity contribution in [3.63, 3.8) is 0 Å². The van der Waals surface area contributed by atoms with Crippen molar-refractivity contribution in [2.75, 3.05) is 19.6 Å². The first-order valence-corrected chi connectivity index (χ1v) is 6.07. The standard InChI is InChI=1S/C13H25N3/c1-12(2,3)15-7-8-16(13(4,5)6)11(9-14)10-15/h11H,7-8,10H2,1-6H3/t11-/m0/s1. The van der Waals surface area contributed by atoms with Gasteiger partial charge in [0, 0.05) is 30.7 Å². The third-order valence-corrected chi connectivity index (χ3v) is 3.34. The van der Waals surface area contributed by atoms with Gasteiger partial charge in [0.25, 0.3) is 0 Å². The van der Waals surface area contributed by atoms with E-state index in [1.54, 1.807) is 0 Å². The van der Waals surface area contributed by atoms with Gasteiger partial charge in [-0.25, -0.2) is 0 Å². The highest BCUT2D eigenvalue weighted by molar-refractivity contribution is 5.02. The lowest BCUT2D eigenvalue weighted by Crippen LogP contribution is -2.62. The molecule has 0 bridgehead atoms. The quantitative estimate of drug-likeness (QED) is 0.630. The smallest absolute Gasteiger partial charge is 0.111 e. The van der Waals surface area contributed by atoms with E-state index in [4.69, 9.17) is 0 Å². The molecule has 3 heteroatoms. The second kappa shape index (κ2) is 4.35. The first-order chi connectivity index (χ1) is 7.16. The lowest BCUT2D eigenvalue weighted by atomic mass is 9.97. The minimum atomic E-state index is 0.0213. The molecule has 0 aromatic rings. The van der Waals surface area contributed by atoms with E-state index in [2.05, 4.69) is 57.4 Å². The van der Waals surface area contributed by atoms with Crippen molar-refractivity contribution < 1.29 is 0 Å². The highest BCUT2D eigenvalue weighted by Gasteiger charge is 2.36. The van der Waals surface area contributed by atoms with Gasteiger partial charge in [0.05, 0.1) is 6.07 Å². The Bertz CT molecular complexity index is 277. The van der Waals surface area contributed by atoms with Gasteiger partial charge < -0.3 is 0 Å². The Balaban J connectivity index is 2.77. The zero-order valence-electron chi connectivity index (χ0n) is 11.5. The molecule has 1 heterocycles. The molecule has 0 spiro atoms. The third-order valence-electron chi connectivity index (χ3n) is 3.34. The number of piperazine rings is 1. The van der Waals surface area contributed by atoms with Crippen LogP contribution in [0.3, 0.4) is 0 Å². The zero-order chi connectivity index (χ0) is 12.6. The predicted octanol–water partition coefficient (Wildman–Crippen LogP) is 2.09. The van der Waals surface area contributed by atoms with Crippen molar-refractivity contribution >= 4 is 0 Å². The fraction of sp³-hybridized carbons (Fsp3) is 0.923. The van der Waals surface area contributed by atoms with Crippen LogP contribution in [0.25, 0.3) is 0 Å². The van der Waals surface area contributed by atoms with Gasteiger partial charge in [-0.3, -0.25) is 9.80 Å². The van der Waals surface area contributed by atoms with Gasteiger partial charge in [-0.05, 0) is 41.5 Å². The van der Waals surface area contributed by atoms with Crippen LogP contribution in [-0.4, -0.2) is 46.6 Å². The van der Waals surface area contributed by atoms with E-state index in [9.17, 15) is 5.26 Å². The summed E-state index contributed by atoms with van der Waals surface area (Å²) in [4.78, 5) is 4.72. The summed E-state index contributed by atoms with van der Waals surface area (Å²) < 4.78 is 0. The largest absolute Gasteiger partial charge is 0.295 e. The molecule has 1 fully saturated rings. The molecule has 92 valence electrons. The Morgan fingerprint density at radius 1 is 1.00 bits per heavy atom. The number of hydrogen-bond acceptors (Lipinski definition) is 3. The number of hydrogen-bond donors (Lipinski definition) is 0. The van der Waals surface area contributed by atoms with E-state index < -0.39 is 0 Å². The van der Waals surface area contributed by atoms with Crippen LogP contribution in [0.4, 0.5) is 0 Å². The molecule has 1 aliphatic rings. The Labute approximate surface area is 100 Å². The van der Waals surface area contributed by atoms with Gasteiger partial charge >= 0.3 is 0 Å². The van der Waals surface area contributed by atoms with E-state index in [1.807, 2.05) is 0 Å². The highest BCUT2D eigenvalue weighted by Crippen LogP contribution is 2.24. The number of rotatable bonds is 0. The summed E-state index contributed by atoms with van der Waals surface area (Å²) >= 11 is 0. The molecule has 0 aromatic heterocycles. The minimum Gasteiger partial charge on any atom is -0.295 e. The molecule has 1 saturated heterocycles. The Kier molecular flexibility index (Phi) is 3.66. The molecule has 0 N–H and O–H groups in total. The highest BCUT2D eigenvalue weighted by atomic mass is 15.3. The van der Waals surface area contributed by atoms with Crippen molar-refractivity contribution in [1.29, 1.82) is 5.26 Å². The van der Waals surface area contributed by atoms with E-state index in [1.165, 1.54) is 0 Å². The van der Waals surface area contributed by atoms with Crippen LogP contribution in [0, 0.1) is 11.3 Å². The summed E-state index contributed by atoms with van der Waals surface area (Å²) in [6, 6.07) is 2.47.